The van der Waals surface area contributed by atoms with Gasteiger partial charge >= 0.3 is 11.8 Å². The number of carbonyl (C=O) groups excluding carboxylic acids is 1. The van der Waals surface area contributed by atoms with Crippen LogP contribution >= 0.6 is 27.5 Å². The summed E-state index contributed by atoms with van der Waals surface area (Å²) in [6, 6.07) is 11.4. The zero-order valence-electron chi connectivity index (χ0n) is 16.0. The first-order chi connectivity index (χ1) is 14.5. The maximum absolute atomic E-state index is 13.8. The fraction of sp³-hybridized carbons (Fsp3) is 0.238. The lowest BCUT2D eigenvalue weighted by atomic mass is 10.0. The quantitative estimate of drug-likeness (QED) is 0.416. The fourth-order valence-corrected chi connectivity index (χ4v) is 4.05. The molecule has 0 spiro atoms. The van der Waals surface area contributed by atoms with E-state index in [1.165, 1.54) is 6.92 Å². The van der Waals surface area contributed by atoms with E-state index in [-0.39, 0.29) is 16.9 Å². The number of nitrogens with one attached hydrogen (secondary N) is 1. The molecule has 1 fully saturated rings. The molecule has 1 aliphatic heterocycles. The van der Waals surface area contributed by atoms with Gasteiger partial charge in [0, 0.05) is 26.1 Å². The number of pyridine rings is 1. The van der Waals surface area contributed by atoms with Gasteiger partial charge < -0.3 is 10.2 Å². The number of carbonyl (C=O) groups is 1. The molecule has 10 heteroatoms. The number of halogens is 6. The lowest BCUT2D eigenvalue weighted by Gasteiger charge is -2.22. The number of amides is 1. The molecule has 1 aliphatic rings. The summed E-state index contributed by atoms with van der Waals surface area (Å²) in [5.74, 6) is -8.99. The highest BCUT2D eigenvalue weighted by atomic mass is 79.9. The van der Waals surface area contributed by atoms with E-state index in [9.17, 15) is 22.4 Å². The van der Waals surface area contributed by atoms with E-state index in [4.69, 9.17) is 11.6 Å². The minimum atomic E-state index is -4.19. The molecule has 2 aromatic carbocycles. The molecule has 1 aromatic heterocycles. The van der Waals surface area contributed by atoms with Crippen LogP contribution in [0.5, 0.6) is 0 Å². The Labute approximate surface area is 188 Å². The van der Waals surface area contributed by atoms with Gasteiger partial charge in [-0.15, -0.1) is 0 Å². The summed E-state index contributed by atoms with van der Waals surface area (Å²) in [6.45, 7) is -0.865. The number of nitrogens with zero attached hydrogens (tertiary/aromatic N) is 2. The zero-order valence-corrected chi connectivity index (χ0v) is 18.4. The van der Waals surface area contributed by atoms with Gasteiger partial charge in [0.2, 0.25) is 0 Å². The van der Waals surface area contributed by atoms with Gasteiger partial charge in [-0.1, -0.05) is 27.5 Å². The van der Waals surface area contributed by atoms with Crippen molar-refractivity contribution in [1.82, 2.24) is 4.98 Å². The average Bonchev–Trinajstić information content (AvgIpc) is 2.90. The Kier molecular flexibility index (Phi) is 5.37. The Bertz CT molecular complexity index is 1170. The van der Waals surface area contributed by atoms with Crippen molar-refractivity contribution in [2.24, 2.45) is 0 Å². The van der Waals surface area contributed by atoms with Gasteiger partial charge in [-0.05, 0) is 49.4 Å². The van der Waals surface area contributed by atoms with Gasteiger partial charge in [-0.3, -0.25) is 4.79 Å². The summed E-state index contributed by atoms with van der Waals surface area (Å²) >= 11 is 9.22. The second-order valence-electron chi connectivity index (χ2n) is 7.32. The summed E-state index contributed by atoms with van der Waals surface area (Å²) in [5, 5.41) is 3.68. The summed E-state index contributed by atoms with van der Waals surface area (Å²) in [6.07, 6.45) is 0. The topological polar surface area (TPSA) is 45.2 Å². The summed E-state index contributed by atoms with van der Waals surface area (Å²) < 4.78 is 56.0. The Morgan fingerprint density at radius 2 is 1.71 bits per heavy atom. The number of fused-ring (bicyclic) bond motifs is 1. The molecule has 0 atom stereocenters. The Hall–Kier alpha value is -2.39. The molecule has 162 valence electrons. The highest BCUT2D eigenvalue weighted by Gasteiger charge is 2.63. The van der Waals surface area contributed by atoms with Gasteiger partial charge in [-0.25, -0.2) is 4.98 Å². The number of hydrogen-bond acceptors (Lipinski definition) is 3. The van der Waals surface area contributed by atoms with Crippen LogP contribution in [-0.4, -0.2) is 35.8 Å². The molecule has 31 heavy (non-hydrogen) atoms. The van der Waals surface area contributed by atoms with Crippen molar-refractivity contribution < 1.29 is 22.4 Å². The molecule has 1 saturated heterocycles. The second kappa shape index (κ2) is 7.63. The summed E-state index contributed by atoms with van der Waals surface area (Å²) in [5.41, 5.74) is 1.18. The first kappa shape index (κ1) is 21.8. The number of anilines is 2. The van der Waals surface area contributed by atoms with E-state index in [2.05, 4.69) is 26.2 Å². The molecule has 0 radical (unpaired) electrons. The number of aromatic nitrogens is 1. The van der Waals surface area contributed by atoms with Gasteiger partial charge in [0.25, 0.3) is 5.91 Å². The van der Waals surface area contributed by atoms with Crippen molar-refractivity contribution in [3.8, 4) is 0 Å². The lowest BCUT2D eigenvalue weighted by molar-refractivity contribution is -0.172. The van der Waals surface area contributed by atoms with Crippen LogP contribution in [0.25, 0.3) is 10.9 Å². The summed E-state index contributed by atoms with van der Waals surface area (Å²) in [4.78, 5) is 18.3. The number of alkyl halides is 4. The van der Waals surface area contributed by atoms with E-state index >= 15 is 0 Å². The van der Waals surface area contributed by atoms with Gasteiger partial charge in [-0.2, -0.15) is 17.6 Å². The highest BCUT2D eigenvalue weighted by Crippen LogP contribution is 2.43. The third-order valence-corrected chi connectivity index (χ3v) is 5.85. The monoisotopic (exact) mass is 515 g/mol. The van der Waals surface area contributed by atoms with Gasteiger partial charge in [0.05, 0.1) is 24.2 Å². The molecular formula is C21H15BrClF4N3O. The first-order valence-corrected chi connectivity index (χ1v) is 10.3. The van der Waals surface area contributed by atoms with E-state index in [1.807, 2.05) is 0 Å². The Morgan fingerprint density at radius 1 is 1.10 bits per heavy atom. The number of benzene rings is 2. The predicted molar refractivity (Wildman–Crippen MR) is 116 cm³/mol. The molecule has 3 aromatic rings. The number of rotatable bonds is 3. The van der Waals surface area contributed by atoms with Crippen LogP contribution < -0.4 is 10.2 Å². The molecule has 1 N–H and O–H groups in total. The second-order valence-corrected chi connectivity index (χ2v) is 8.67. The molecule has 4 nitrogen and oxygen atoms in total. The highest BCUT2D eigenvalue weighted by molar-refractivity contribution is 9.10. The lowest BCUT2D eigenvalue weighted by Crippen LogP contribution is -2.38. The maximum atomic E-state index is 13.8. The van der Waals surface area contributed by atoms with Crippen molar-refractivity contribution in [3.63, 3.8) is 0 Å². The largest absolute Gasteiger partial charge is 0.344 e. The third kappa shape index (κ3) is 3.96. The summed E-state index contributed by atoms with van der Waals surface area (Å²) in [7, 11) is 0. The van der Waals surface area contributed by atoms with Crippen molar-refractivity contribution in [2.75, 3.05) is 23.3 Å². The van der Waals surface area contributed by atoms with Crippen molar-refractivity contribution in [1.29, 1.82) is 0 Å². The van der Waals surface area contributed by atoms with Crippen LogP contribution in [0.1, 0.15) is 15.9 Å². The Balaban J connectivity index is 1.83. The molecule has 1 amide bonds. The first-order valence-electron chi connectivity index (χ1n) is 9.16. The van der Waals surface area contributed by atoms with Crippen molar-refractivity contribution in [3.05, 3.63) is 63.1 Å². The SMILES string of the molecule is Cc1c(N2CC(F)(F)C(F)(F)C2)nc2ccc(Br)cc2c1C(=O)Nc1ccc(Cl)cc1. The fourth-order valence-electron chi connectivity index (χ4n) is 3.56. The molecular weight excluding hydrogens is 502 g/mol. The minimum Gasteiger partial charge on any atom is -0.344 e. The van der Waals surface area contributed by atoms with Crippen LogP contribution in [0.3, 0.4) is 0 Å². The van der Waals surface area contributed by atoms with E-state index < -0.39 is 30.8 Å². The smallest absolute Gasteiger partial charge is 0.329 e. The molecule has 0 unspecified atom stereocenters. The van der Waals surface area contributed by atoms with E-state index in [1.54, 1.807) is 42.5 Å². The number of hydrogen-bond donors (Lipinski definition) is 1. The van der Waals surface area contributed by atoms with E-state index in [0.29, 0.717) is 26.1 Å². The molecule has 0 saturated carbocycles. The van der Waals surface area contributed by atoms with Crippen LogP contribution in [-0.2, 0) is 0 Å². The molecule has 4 rings (SSSR count). The van der Waals surface area contributed by atoms with E-state index in [0.717, 1.165) is 4.90 Å². The normalized spacial score (nSPS) is 17.2. The van der Waals surface area contributed by atoms with Gasteiger partial charge in [0.1, 0.15) is 5.82 Å². The third-order valence-electron chi connectivity index (χ3n) is 5.11. The molecule has 0 aliphatic carbocycles. The van der Waals surface area contributed by atoms with Crippen molar-refractivity contribution >= 4 is 55.8 Å². The minimum absolute atomic E-state index is 0.0760. The van der Waals surface area contributed by atoms with Crippen LogP contribution in [0.15, 0.2) is 46.9 Å². The van der Waals surface area contributed by atoms with Crippen molar-refractivity contribution in [2.45, 2.75) is 18.8 Å². The predicted octanol–water partition coefficient (Wildman–Crippen LogP) is 6.30. The molecule has 2 heterocycles. The van der Waals surface area contributed by atoms with Crippen LogP contribution in [0.2, 0.25) is 5.02 Å². The average molecular weight is 517 g/mol. The van der Waals surface area contributed by atoms with Gasteiger partial charge in [0.15, 0.2) is 0 Å². The zero-order chi connectivity index (χ0) is 22.6. The van der Waals surface area contributed by atoms with Crippen LogP contribution in [0.4, 0.5) is 29.1 Å². The maximum Gasteiger partial charge on any atom is 0.329 e. The molecule has 0 bridgehead atoms. The van der Waals surface area contributed by atoms with Crippen LogP contribution in [0, 0.1) is 6.92 Å². The standard InChI is InChI=1S/C21H15BrClF4N3O/c1-11-17(19(31)28-14-5-3-13(23)4-6-14)15-8-12(22)2-7-16(15)29-18(11)30-9-20(24,25)21(26,27)10-30/h2-8H,9-10H2,1H3,(H,28,31). The Morgan fingerprint density at radius 3 is 2.32 bits per heavy atom.